The van der Waals surface area contributed by atoms with Gasteiger partial charge in [0.1, 0.15) is 0 Å². The summed E-state index contributed by atoms with van der Waals surface area (Å²) in [6.07, 6.45) is 3.11. The molecule has 0 radical (unpaired) electrons. The Morgan fingerprint density at radius 3 is 2.20 bits per heavy atom. The van der Waals surface area contributed by atoms with E-state index in [1.54, 1.807) is 6.08 Å². The molecule has 0 aliphatic rings. The summed E-state index contributed by atoms with van der Waals surface area (Å²) >= 11 is 0. The highest BCUT2D eigenvalue weighted by Gasteiger charge is 1.51. The fourth-order valence-electron chi connectivity index (χ4n) is 0.0786. The Bertz CT molecular complexity index is 31.9. The summed E-state index contributed by atoms with van der Waals surface area (Å²) in [5.41, 5.74) is 9.85. The van der Waals surface area contributed by atoms with Crippen LogP contribution in [0.15, 0.2) is 12.3 Å². The van der Waals surface area contributed by atoms with Crippen molar-refractivity contribution in [2.75, 3.05) is 6.54 Å². The highest BCUT2D eigenvalue weighted by atomic mass is 14.5. The molecule has 0 aromatic rings. The van der Waals surface area contributed by atoms with Gasteiger partial charge < -0.3 is 11.5 Å². The Balaban J connectivity index is 2.62. The number of nitrogens with two attached hydrogens (primary N) is 2. The van der Waals surface area contributed by atoms with Gasteiger partial charge in [-0.15, -0.1) is 0 Å². The molecule has 0 heterocycles. The SMILES string of the molecule is N/C=C\CN. The van der Waals surface area contributed by atoms with Gasteiger partial charge in [0.2, 0.25) is 0 Å². The lowest BCUT2D eigenvalue weighted by molar-refractivity contribution is 1.24. The van der Waals surface area contributed by atoms with E-state index >= 15 is 0 Å². The van der Waals surface area contributed by atoms with E-state index in [0.29, 0.717) is 6.54 Å². The third-order valence-electron chi connectivity index (χ3n) is 0.272. The van der Waals surface area contributed by atoms with Crippen LogP contribution in [0.3, 0.4) is 0 Å². The van der Waals surface area contributed by atoms with Gasteiger partial charge in [0, 0.05) is 6.54 Å². The predicted octanol–water partition coefficient (Wildman–Crippen LogP) is -0.583. The quantitative estimate of drug-likeness (QED) is 0.435. The van der Waals surface area contributed by atoms with E-state index in [-0.39, 0.29) is 0 Å². The van der Waals surface area contributed by atoms with Crippen LogP contribution in [-0.2, 0) is 0 Å². The minimum Gasteiger partial charge on any atom is -0.405 e. The van der Waals surface area contributed by atoms with Gasteiger partial charge in [0.15, 0.2) is 0 Å². The second-order valence-electron chi connectivity index (χ2n) is 0.664. The Labute approximate surface area is 31.5 Å². The van der Waals surface area contributed by atoms with Crippen molar-refractivity contribution in [2.24, 2.45) is 11.5 Å². The van der Waals surface area contributed by atoms with Gasteiger partial charge in [0.05, 0.1) is 0 Å². The molecule has 0 fully saturated rings. The summed E-state index contributed by atoms with van der Waals surface area (Å²) in [6, 6.07) is 0. The molecule has 0 aliphatic heterocycles. The largest absolute Gasteiger partial charge is 0.405 e. The van der Waals surface area contributed by atoms with Crippen LogP contribution in [0.25, 0.3) is 0 Å². The third-order valence-corrected chi connectivity index (χ3v) is 0.272. The van der Waals surface area contributed by atoms with Crippen LogP contribution in [0.1, 0.15) is 0 Å². The minimum absolute atomic E-state index is 0.538. The molecule has 0 atom stereocenters. The van der Waals surface area contributed by atoms with Crippen LogP contribution in [0.2, 0.25) is 0 Å². The Hall–Kier alpha value is -0.500. The molecule has 0 aromatic heterocycles. The van der Waals surface area contributed by atoms with Gasteiger partial charge in [-0.2, -0.15) is 0 Å². The lowest BCUT2D eigenvalue weighted by Crippen LogP contribution is -1.93. The minimum atomic E-state index is 0.538. The zero-order valence-electron chi connectivity index (χ0n) is 3.02. The van der Waals surface area contributed by atoms with Crippen molar-refractivity contribution in [1.82, 2.24) is 0 Å². The van der Waals surface area contributed by atoms with Crippen LogP contribution >= 0.6 is 0 Å². The first-order chi connectivity index (χ1) is 2.41. The second kappa shape index (κ2) is 3.50. The standard InChI is InChI=1S/C3H8N2/c4-2-1-3-5/h1-2H,3-5H2/b2-1-. The zero-order valence-corrected chi connectivity index (χ0v) is 3.02. The molecule has 0 amide bonds. The van der Waals surface area contributed by atoms with E-state index < -0.39 is 0 Å². The topological polar surface area (TPSA) is 52.0 Å². The summed E-state index contributed by atoms with van der Waals surface area (Å²) < 4.78 is 0. The number of hydrogen-bond acceptors (Lipinski definition) is 2. The van der Waals surface area contributed by atoms with E-state index in [1.165, 1.54) is 6.20 Å². The molecule has 0 aliphatic carbocycles. The van der Waals surface area contributed by atoms with Crippen LogP contribution in [0.5, 0.6) is 0 Å². The van der Waals surface area contributed by atoms with Crippen molar-refractivity contribution in [3.63, 3.8) is 0 Å². The maximum absolute atomic E-state index is 4.97. The van der Waals surface area contributed by atoms with Gasteiger partial charge in [-0.1, -0.05) is 6.08 Å². The Kier molecular flexibility index (Phi) is 3.15. The number of hydrogen-bond donors (Lipinski definition) is 2. The highest BCUT2D eigenvalue weighted by Crippen LogP contribution is 1.48. The molecule has 0 rings (SSSR count). The van der Waals surface area contributed by atoms with Crippen LogP contribution < -0.4 is 11.5 Å². The molecule has 0 aromatic carbocycles. The molecule has 5 heavy (non-hydrogen) atoms. The van der Waals surface area contributed by atoms with Crippen molar-refractivity contribution in [2.45, 2.75) is 0 Å². The molecule has 0 unspecified atom stereocenters. The normalized spacial score (nSPS) is 9.80. The smallest absolute Gasteiger partial charge is 0.0123 e. The second-order valence-corrected chi connectivity index (χ2v) is 0.664. The lowest BCUT2D eigenvalue weighted by atomic mass is 10.6. The lowest BCUT2D eigenvalue weighted by Gasteiger charge is -1.68. The van der Waals surface area contributed by atoms with E-state index in [0.717, 1.165) is 0 Å². The van der Waals surface area contributed by atoms with Crippen LogP contribution in [-0.4, -0.2) is 6.54 Å². The summed E-state index contributed by atoms with van der Waals surface area (Å²) in [7, 11) is 0. The molecule has 30 valence electrons. The summed E-state index contributed by atoms with van der Waals surface area (Å²) in [4.78, 5) is 0. The van der Waals surface area contributed by atoms with E-state index in [4.69, 9.17) is 11.5 Å². The first-order valence-electron chi connectivity index (χ1n) is 1.48. The van der Waals surface area contributed by atoms with Gasteiger partial charge in [-0.25, -0.2) is 0 Å². The average Bonchev–Trinajstić information content (AvgIpc) is 1.41. The Morgan fingerprint density at radius 2 is 2.20 bits per heavy atom. The van der Waals surface area contributed by atoms with Crippen molar-refractivity contribution in [3.8, 4) is 0 Å². The molecular weight excluding hydrogens is 64.0 g/mol. The van der Waals surface area contributed by atoms with Gasteiger partial charge in [0.25, 0.3) is 0 Å². The monoisotopic (exact) mass is 72.1 g/mol. The fourth-order valence-corrected chi connectivity index (χ4v) is 0.0786. The summed E-state index contributed by atoms with van der Waals surface area (Å²) in [5, 5.41) is 0. The number of rotatable bonds is 1. The predicted molar refractivity (Wildman–Crippen MR) is 22.4 cm³/mol. The molecule has 0 bridgehead atoms. The Morgan fingerprint density at radius 1 is 1.60 bits per heavy atom. The molecule has 2 nitrogen and oxygen atoms in total. The third kappa shape index (κ3) is 3.50. The highest BCUT2D eigenvalue weighted by molar-refractivity contribution is 4.75. The van der Waals surface area contributed by atoms with Gasteiger partial charge in [-0.05, 0) is 6.20 Å². The molecule has 4 N–H and O–H groups in total. The molecule has 2 heteroatoms. The first-order valence-corrected chi connectivity index (χ1v) is 1.48. The van der Waals surface area contributed by atoms with Crippen molar-refractivity contribution in [1.29, 1.82) is 0 Å². The van der Waals surface area contributed by atoms with Crippen LogP contribution in [0, 0.1) is 0 Å². The van der Waals surface area contributed by atoms with Gasteiger partial charge in [-0.3, -0.25) is 0 Å². The van der Waals surface area contributed by atoms with Crippen molar-refractivity contribution < 1.29 is 0 Å². The zero-order chi connectivity index (χ0) is 4.12. The first kappa shape index (κ1) is 4.50. The molecule has 0 spiro atoms. The molecule has 0 saturated carbocycles. The van der Waals surface area contributed by atoms with E-state index in [2.05, 4.69) is 0 Å². The molecule has 0 saturated heterocycles. The van der Waals surface area contributed by atoms with Crippen molar-refractivity contribution in [3.05, 3.63) is 12.3 Å². The average molecular weight is 72.1 g/mol. The van der Waals surface area contributed by atoms with Gasteiger partial charge >= 0.3 is 0 Å². The van der Waals surface area contributed by atoms with Crippen LogP contribution in [0.4, 0.5) is 0 Å². The fraction of sp³-hybridized carbons (Fsp3) is 0.333. The maximum Gasteiger partial charge on any atom is 0.0123 e. The maximum atomic E-state index is 4.97. The summed E-state index contributed by atoms with van der Waals surface area (Å²) in [6.45, 7) is 0.538. The van der Waals surface area contributed by atoms with Crippen molar-refractivity contribution >= 4 is 0 Å². The molecular formula is C3H8N2. The summed E-state index contributed by atoms with van der Waals surface area (Å²) in [5.74, 6) is 0. The van der Waals surface area contributed by atoms with E-state index in [9.17, 15) is 0 Å². The van der Waals surface area contributed by atoms with E-state index in [1.807, 2.05) is 0 Å².